The molecular formula is C17H26F2N2. The van der Waals surface area contributed by atoms with Gasteiger partial charge in [-0.25, -0.2) is 8.78 Å². The molecule has 21 heavy (non-hydrogen) atoms. The molecule has 0 saturated carbocycles. The fourth-order valence-corrected chi connectivity index (χ4v) is 3.31. The van der Waals surface area contributed by atoms with Crippen molar-refractivity contribution in [1.29, 1.82) is 0 Å². The van der Waals surface area contributed by atoms with E-state index >= 15 is 0 Å². The zero-order valence-corrected chi connectivity index (χ0v) is 13.5. The first-order valence-corrected chi connectivity index (χ1v) is 7.75. The van der Waals surface area contributed by atoms with Crippen molar-refractivity contribution in [1.82, 2.24) is 10.2 Å². The molecule has 1 saturated heterocycles. The first-order chi connectivity index (χ1) is 9.80. The maximum Gasteiger partial charge on any atom is 0.126 e. The number of rotatable bonds is 4. The summed E-state index contributed by atoms with van der Waals surface area (Å²) in [5, 5.41) is 3.60. The highest BCUT2D eigenvalue weighted by molar-refractivity contribution is 5.19. The molecule has 0 amide bonds. The lowest BCUT2D eigenvalue weighted by atomic mass is 9.84. The fraction of sp³-hybridized carbons (Fsp3) is 0.647. The van der Waals surface area contributed by atoms with Gasteiger partial charge >= 0.3 is 0 Å². The summed E-state index contributed by atoms with van der Waals surface area (Å²) >= 11 is 0. The Kier molecular flexibility index (Phi) is 4.69. The molecule has 2 rings (SSSR count). The summed E-state index contributed by atoms with van der Waals surface area (Å²) in [6, 6.07) is 3.81. The van der Waals surface area contributed by atoms with Crippen LogP contribution in [-0.2, 0) is 6.54 Å². The molecule has 0 bridgehead atoms. The quantitative estimate of drug-likeness (QED) is 0.911. The summed E-state index contributed by atoms with van der Waals surface area (Å²) in [6.45, 7) is 11.1. The highest BCUT2D eigenvalue weighted by atomic mass is 19.1. The predicted molar refractivity (Wildman–Crippen MR) is 82.2 cm³/mol. The Bertz CT molecular complexity index is 475. The van der Waals surface area contributed by atoms with Crippen LogP contribution in [0.4, 0.5) is 8.78 Å². The van der Waals surface area contributed by atoms with Gasteiger partial charge in [0.25, 0.3) is 0 Å². The number of piperazine rings is 1. The molecule has 0 unspecified atom stereocenters. The van der Waals surface area contributed by atoms with Crippen molar-refractivity contribution in [3.8, 4) is 0 Å². The van der Waals surface area contributed by atoms with E-state index in [1.807, 2.05) is 0 Å². The molecule has 1 aromatic carbocycles. The topological polar surface area (TPSA) is 15.3 Å². The van der Waals surface area contributed by atoms with E-state index in [-0.39, 0.29) is 11.1 Å². The van der Waals surface area contributed by atoms with Crippen molar-refractivity contribution < 1.29 is 8.78 Å². The number of nitrogens with zero attached hydrogens (tertiary/aromatic N) is 1. The Balaban J connectivity index is 2.27. The molecule has 1 aliphatic rings. The Hall–Kier alpha value is -1.00. The van der Waals surface area contributed by atoms with Crippen LogP contribution in [0.15, 0.2) is 18.2 Å². The second-order valence-corrected chi connectivity index (χ2v) is 6.80. The van der Waals surface area contributed by atoms with Crippen LogP contribution in [0, 0.1) is 11.6 Å². The van der Waals surface area contributed by atoms with Crippen LogP contribution in [0.1, 0.15) is 46.1 Å². The minimum absolute atomic E-state index is 0.0136. The Morgan fingerprint density at radius 3 is 2.19 bits per heavy atom. The van der Waals surface area contributed by atoms with Crippen LogP contribution in [0.5, 0.6) is 0 Å². The van der Waals surface area contributed by atoms with Crippen LogP contribution >= 0.6 is 0 Å². The minimum Gasteiger partial charge on any atom is -0.309 e. The zero-order chi connectivity index (χ0) is 15.7. The summed E-state index contributed by atoms with van der Waals surface area (Å²) in [7, 11) is 0. The summed E-state index contributed by atoms with van der Waals surface area (Å²) in [5.41, 5.74) is 0.773. The Morgan fingerprint density at radius 1 is 1.10 bits per heavy atom. The van der Waals surface area contributed by atoms with E-state index < -0.39 is 11.6 Å². The number of hydrogen-bond acceptors (Lipinski definition) is 2. The van der Waals surface area contributed by atoms with Crippen molar-refractivity contribution >= 4 is 0 Å². The molecule has 0 aliphatic carbocycles. The molecule has 1 aromatic rings. The third kappa shape index (κ3) is 3.61. The molecule has 2 nitrogen and oxygen atoms in total. The van der Waals surface area contributed by atoms with E-state index in [4.69, 9.17) is 0 Å². The van der Waals surface area contributed by atoms with Gasteiger partial charge in [-0.1, -0.05) is 13.8 Å². The molecule has 1 aliphatic heterocycles. The smallest absolute Gasteiger partial charge is 0.126 e. The fourth-order valence-electron chi connectivity index (χ4n) is 3.31. The maximum atomic E-state index is 13.4. The van der Waals surface area contributed by atoms with Gasteiger partial charge < -0.3 is 5.32 Å². The second-order valence-electron chi connectivity index (χ2n) is 6.80. The van der Waals surface area contributed by atoms with Crippen LogP contribution in [0.3, 0.4) is 0 Å². The summed E-state index contributed by atoms with van der Waals surface area (Å²) in [5.74, 6) is -1.00. The Labute approximate surface area is 126 Å². The van der Waals surface area contributed by atoms with Gasteiger partial charge in [-0.3, -0.25) is 4.90 Å². The molecular weight excluding hydrogens is 270 g/mol. The number of halogens is 2. The van der Waals surface area contributed by atoms with Gasteiger partial charge in [0.1, 0.15) is 11.6 Å². The largest absolute Gasteiger partial charge is 0.309 e. The first-order valence-electron chi connectivity index (χ1n) is 7.75. The molecule has 1 heterocycles. The third-order valence-electron chi connectivity index (χ3n) is 4.76. The van der Waals surface area contributed by atoms with Crippen LogP contribution < -0.4 is 5.32 Å². The lowest BCUT2D eigenvalue weighted by Crippen LogP contribution is -2.67. The van der Waals surface area contributed by atoms with Gasteiger partial charge in [0.15, 0.2) is 0 Å². The van der Waals surface area contributed by atoms with E-state index in [0.29, 0.717) is 12.1 Å². The summed E-state index contributed by atoms with van der Waals surface area (Å²) < 4.78 is 26.8. The molecule has 0 atom stereocenters. The minimum atomic E-state index is -0.502. The molecule has 0 radical (unpaired) electrons. The molecule has 1 fully saturated rings. The summed E-state index contributed by atoms with van der Waals surface area (Å²) in [4.78, 5) is 2.39. The van der Waals surface area contributed by atoms with Crippen molar-refractivity contribution in [3.63, 3.8) is 0 Å². The highest BCUT2D eigenvalue weighted by Gasteiger charge is 2.41. The lowest BCUT2D eigenvalue weighted by molar-refractivity contribution is 0.00223. The van der Waals surface area contributed by atoms with E-state index in [1.54, 1.807) is 0 Å². The molecule has 0 spiro atoms. The van der Waals surface area contributed by atoms with Gasteiger partial charge in [-0.15, -0.1) is 0 Å². The maximum absolute atomic E-state index is 13.4. The van der Waals surface area contributed by atoms with Gasteiger partial charge in [0.05, 0.1) is 0 Å². The van der Waals surface area contributed by atoms with Crippen molar-refractivity contribution in [3.05, 3.63) is 35.4 Å². The standard InChI is InChI=1S/C17H26F2N2/c1-5-17(6-2)11-20-16(3,4)12-21(17)10-13-7-14(18)9-15(19)8-13/h7-9,20H,5-6,10-12H2,1-4H3. The van der Waals surface area contributed by atoms with Crippen LogP contribution in [-0.4, -0.2) is 29.1 Å². The number of benzene rings is 1. The average molecular weight is 296 g/mol. The summed E-state index contributed by atoms with van der Waals surface area (Å²) in [6.07, 6.45) is 2.04. The van der Waals surface area contributed by atoms with Crippen LogP contribution in [0.25, 0.3) is 0 Å². The number of hydrogen-bond donors (Lipinski definition) is 1. The molecule has 1 N–H and O–H groups in total. The SMILES string of the molecule is CCC1(CC)CNC(C)(C)CN1Cc1cc(F)cc(F)c1. The van der Waals surface area contributed by atoms with E-state index in [2.05, 4.69) is 37.9 Å². The van der Waals surface area contributed by atoms with Gasteiger partial charge in [0, 0.05) is 36.8 Å². The van der Waals surface area contributed by atoms with Crippen molar-refractivity contribution in [2.75, 3.05) is 13.1 Å². The highest BCUT2D eigenvalue weighted by Crippen LogP contribution is 2.31. The van der Waals surface area contributed by atoms with Crippen LogP contribution in [0.2, 0.25) is 0 Å². The molecule has 4 heteroatoms. The molecule has 0 aromatic heterocycles. The molecule has 118 valence electrons. The number of nitrogens with one attached hydrogen (secondary N) is 1. The van der Waals surface area contributed by atoms with Gasteiger partial charge in [-0.2, -0.15) is 0 Å². The van der Waals surface area contributed by atoms with E-state index in [0.717, 1.165) is 32.0 Å². The lowest BCUT2D eigenvalue weighted by Gasteiger charge is -2.52. The third-order valence-corrected chi connectivity index (χ3v) is 4.76. The predicted octanol–water partition coefficient (Wildman–Crippen LogP) is 3.71. The van der Waals surface area contributed by atoms with Crippen molar-refractivity contribution in [2.45, 2.75) is 58.2 Å². The Morgan fingerprint density at radius 2 is 1.67 bits per heavy atom. The monoisotopic (exact) mass is 296 g/mol. The first kappa shape index (κ1) is 16.4. The van der Waals surface area contributed by atoms with Crippen molar-refractivity contribution in [2.24, 2.45) is 0 Å². The zero-order valence-electron chi connectivity index (χ0n) is 13.5. The van der Waals surface area contributed by atoms with E-state index in [9.17, 15) is 8.78 Å². The van der Waals surface area contributed by atoms with Gasteiger partial charge in [0.2, 0.25) is 0 Å². The van der Waals surface area contributed by atoms with E-state index in [1.165, 1.54) is 12.1 Å². The van der Waals surface area contributed by atoms with Gasteiger partial charge in [-0.05, 0) is 44.4 Å². The normalized spacial score (nSPS) is 21.4. The second kappa shape index (κ2) is 6.01. The average Bonchev–Trinajstić information content (AvgIpc) is 2.38.